The lowest BCUT2D eigenvalue weighted by Crippen LogP contribution is -2.30. The molecule has 0 bridgehead atoms. The van der Waals surface area contributed by atoms with Crippen LogP contribution in [0, 0.1) is 5.92 Å². The molecule has 3 atom stereocenters. The number of amides is 1. The fourth-order valence-corrected chi connectivity index (χ4v) is 6.09. The second kappa shape index (κ2) is 8.74. The van der Waals surface area contributed by atoms with Crippen molar-refractivity contribution in [1.82, 2.24) is 5.32 Å². The molecule has 3 unspecified atom stereocenters. The number of rotatable bonds is 9. The Hall–Kier alpha value is -2.09. The van der Waals surface area contributed by atoms with Crippen molar-refractivity contribution in [2.24, 2.45) is 5.92 Å². The van der Waals surface area contributed by atoms with E-state index in [-0.39, 0.29) is 22.8 Å². The molecule has 3 aliphatic carbocycles. The van der Waals surface area contributed by atoms with Crippen molar-refractivity contribution in [3.05, 3.63) is 69.8 Å². The fourth-order valence-electron chi connectivity index (χ4n) is 6.09. The van der Waals surface area contributed by atoms with Crippen LogP contribution in [-0.2, 0) is 16.2 Å². The summed E-state index contributed by atoms with van der Waals surface area (Å²) >= 11 is 0. The molecule has 5 rings (SSSR count). The third-order valence-corrected chi connectivity index (χ3v) is 9.93. The van der Waals surface area contributed by atoms with Gasteiger partial charge in [-0.05, 0) is 126 Å². The highest BCUT2D eigenvalue weighted by atomic mass is 16.1. The molecule has 0 heterocycles. The van der Waals surface area contributed by atoms with Crippen molar-refractivity contribution in [3.8, 4) is 0 Å². The normalized spacial score (nSPS) is 26.1. The molecule has 2 aromatic carbocycles. The number of hydrogen-bond acceptors (Lipinski definition) is 1. The lowest BCUT2D eigenvalue weighted by molar-refractivity contribution is 0.0943. The Bertz CT molecular complexity index is 1170. The van der Waals surface area contributed by atoms with Gasteiger partial charge in [0.05, 0.1) is 0 Å². The van der Waals surface area contributed by atoms with Crippen LogP contribution in [0.2, 0.25) is 0 Å². The molecule has 0 aliphatic heterocycles. The van der Waals surface area contributed by atoms with Gasteiger partial charge in [-0.1, -0.05) is 65.8 Å². The minimum Gasteiger partial charge on any atom is -0.350 e. The standard InChI is InChI=1S/C34H47NO/c1-21(2)24-15-28(33(7)11-12-33)19-29(16-24)34(8)20-30(34)13-23(5)25-14-26(31(36)35-22(3)4)18-27(17-25)32(6)9-10-32/h14-19,21-23,30H,9-13,20H2,1-8H3,(H,35,36). The van der Waals surface area contributed by atoms with E-state index in [1.165, 1.54) is 55.2 Å². The van der Waals surface area contributed by atoms with Crippen LogP contribution in [0.4, 0.5) is 0 Å². The van der Waals surface area contributed by atoms with Gasteiger partial charge < -0.3 is 5.32 Å². The van der Waals surface area contributed by atoms with E-state index in [1.54, 1.807) is 11.1 Å². The molecule has 3 aliphatic rings. The molecule has 36 heavy (non-hydrogen) atoms. The maximum Gasteiger partial charge on any atom is 0.251 e. The molecule has 0 spiro atoms. The van der Waals surface area contributed by atoms with Gasteiger partial charge in [0.15, 0.2) is 0 Å². The van der Waals surface area contributed by atoms with Crippen LogP contribution in [0.1, 0.15) is 144 Å². The van der Waals surface area contributed by atoms with E-state index < -0.39 is 0 Å². The molecular weight excluding hydrogens is 438 g/mol. The van der Waals surface area contributed by atoms with Gasteiger partial charge in [0.25, 0.3) is 5.91 Å². The lowest BCUT2D eigenvalue weighted by Gasteiger charge is -2.22. The van der Waals surface area contributed by atoms with Crippen molar-refractivity contribution in [1.29, 1.82) is 0 Å². The summed E-state index contributed by atoms with van der Waals surface area (Å²) < 4.78 is 0. The summed E-state index contributed by atoms with van der Waals surface area (Å²) in [6.07, 6.45) is 7.56. The molecule has 0 saturated heterocycles. The molecule has 194 valence electrons. The van der Waals surface area contributed by atoms with Crippen LogP contribution in [0.3, 0.4) is 0 Å². The molecule has 3 saturated carbocycles. The first-order valence-corrected chi connectivity index (χ1v) is 14.5. The Morgan fingerprint density at radius 3 is 1.92 bits per heavy atom. The third-order valence-electron chi connectivity index (χ3n) is 9.93. The van der Waals surface area contributed by atoms with Gasteiger partial charge in [0.1, 0.15) is 0 Å². The highest BCUT2D eigenvalue weighted by molar-refractivity contribution is 5.94. The van der Waals surface area contributed by atoms with Crippen molar-refractivity contribution in [2.75, 3.05) is 0 Å². The number of benzene rings is 2. The first-order valence-electron chi connectivity index (χ1n) is 14.5. The van der Waals surface area contributed by atoms with E-state index in [9.17, 15) is 4.79 Å². The maximum atomic E-state index is 12.9. The zero-order valence-electron chi connectivity index (χ0n) is 23.9. The number of nitrogens with one attached hydrogen (secondary N) is 1. The van der Waals surface area contributed by atoms with Crippen LogP contribution >= 0.6 is 0 Å². The summed E-state index contributed by atoms with van der Waals surface area (Å²) in [5.74, 6) is 1.77. The van der Waals surface area contributed by atoms with E-state index in [2.05, 4.69) is 83.3 Å². The zero-order valence-corrected chi connectivity index (χ0v) is 23.9. The quantitative estimate of drug-likeness (QED) is 0.379. The summed E-state index contributed by atoms with van der Waals surface area (Å²) in [5, 5.41) is 3.11. The van der Waals surface area contributed by atoms with E-state index in [1.807, 2.05) is 13.8 Å². The Morgan fingerprint density at radius 2 is 1.36 bits per heavy atom. The lowest BCUT2D eigenvalue weighted by atomic mass is 9.83. The molecule has 0 aromatic heterocycles. The summed E-state index contributed by atoms with van der Waals surface area (Å²) in [4.78, 5) is 12.9. The Balaban J connectivity index is 1.38. The van der Waals surface area contributed by atoms with Crippen LogP contribution in [0.25, 0.3) is 0 Å². The summed E-state index contributed by atoms with van der Waals surface area (Å²) in [5.41, 5.74) is 9.08. The van der Waals surface area contributed by atoms with Gasteiger partial charge >= 0.3 is 0 Å². The van der Waals surface area contributed by atoms with Crippen LogP contribution < -0.4 is 5.32 Å². The molecular formula is C34H47NO. The van der Waals surface area contributed by atoms with Gasteiger partial charge in [-0.2, -0.15) is 0 Å². The maximum absolute atomic E-state index is 12.9. The average Bonchev–Trinajstić information content (AvgIpc) is 3.77. The first-order chi connectivity index (χ1) is 16.8. The van der Waals surface area contributed by atoms with Crippen LogP contribution in [-0.4, -0.2) is 11.9 Å². The topological polar surface area (TPSA) is 29.1 Å². The summed E-state index contributed by atoms with van der Waals surface area (Å²) in [7, 11) is 0. The van der Waals surface area contributed by atoms with Crippen molar-refractivity contribution in [2.45, 2.75) is 128 Å². The van der Waals surface area contributed by atoms with Gasteiger partial charge in [-0.25, -0.2) is 0 Å². The van der Waals surface area contributed by atoms with E-state index in [4.69, 9.17) is 0 Å². The van der Waals surface area contributed by atoms with Crippen molar-refractivity contribution in [3.63, 3.8) is 0 Å². The highest BCUT2D eigenvalue weighted by Gasteiger charge is 2.52. The molecule has 2 aromatic rings. The van der Waals surface area contributed by atoms with Gasteiger partial charge in [-0.3, -0.25) is 4.79 Å². The minimum atomic E-state index is 0.0624. The summed E-state index contributed by atoms with van der Waals surface area (Å²) in [6, 6.07) is 14.4. The molecule has 1 amide bonds. The number of carbonyl (C=O) groups is 1. The highest BCUT2D eigenvalue weighted by Crippen LogP contribution is 2.59. The van der Waals surface area contributed by atoms with Gasteiger partial charge in [0.2, 0.25) is 0 Å². The van der Waals surface area contributed by atoms with Gasteiger partial charge in [0, 0.05) is 11.6 Å². The van der Waals surface area contributed by atoms with Crippen LogP contribution in [0.5, 0.6) is 0 Å². The molecule has 2 heteroatoms. The third kappa shape index (κ3) is 4.90. The Labute approximate surface area is 219 Å². The summed E-state index contributed by atoms with van der Waals surface area (Å²) in [6.45, 7) is 18.4. The predicted molar refractivity (Wildman–Crippen MR) is 151 cm³/mol. The van der Waals surface area contributed by atoms with Crippen molar-refractivity contribution >= 4 is 5.91 Å². The Kier molecular flexibility index (Phi) is 6.21. The predicted octanol–water partition coefficient (Wildman–Crippen LogP) is 8.52. The molecule has 0 radical (unpaired) electrons. The molecule has 1 N–H and O–H groups in total. The van der Waals surface area contributed by atoms with E-state index in [0.29, 0.717) is 23.2 Å². The zero-order chi connectivity index (χ0) is 26.0. The average molecular weight is 486 g/mol. The van der Waals surface area contributed by atoms with E-state index in [0.717, 1.165) is 5.56 Å². The fraction of sp³-hybridized carbons (Fsp3) is 0.618. The second-order valence-corrected chi connectivity index (χ2v) is 14.0. The number of carbonyl (C=O) groups excluding carboxylic acids is 1. The smallest absolute Gasteiger partial charge is 0.251 e. The SMILES string of the molecule is CC(C)NC(=O)c1cc(C(C)CC2CC2(C)c2cc(C(C)C)cc(C3(C)CC3)c2)cc(C2(C)CC2)c1. The van der Waals surface area contributed by atoms with Gasteiger partial charge in [-0.15, -0.1) is 0 Å². The van der Waals surface area contributed by atoms with Crippen LogP contribution in [0.15, 0.2) is 36.4 Å². The molecule has 3 fully saturated rings. The monoisotopic (exact) mass is 485 g/mol. The second-order valence-electron chi connectivity index (χ2n) is 14.0. The minimum absolute atomic E-state index is 0.0624. The largest absolute Gasteiger partial charge is 0.350 e. The molecule has 2 nitrogen and oxygen atoms in total. The Morgan fingerprint density at radius 1 is 0.806 bits per heavy atom. The van der Waals surface area contributed by atoms with Crippen molar-refractivity contribution < 1.29 is 4.79 Å². The van der Waals surface area contributed by atoms with E-state index >= 15 is 0 Å². The first kappa shape index (κ1) is 25.6. The number of hydrogen-bond donors (Lipinski definition) is 1.